The number of nitrogens with one attached hydrogen (secondary N) is 1. The normalized spacial score (nSPS) is 26.3. The maximum Gasteiger partial charge on any atom is 0.00940 e. The van der Waals surface area contributed by atoms with Gasteiger partial charge in [-0.2, -0.15) is 0 Å². The second-order valence-corrected chi connectivity index (χ2v) is 6.47. The lowest BCUT2D eigenvalue weighted by atomic mass is 9.84. The third-order valence-corrected chi connectivity index (χ3v) is 4.98. The van der Waals surface area contributed by atoms with Crippen LogP contribution >= 0.6 is 0 Å². The van der Waals surface area contributed by atoms with Crippen molar-refractivity contribution in [2.75, 3.05) is 19.6 Å². The molecule has 0 amide bonds. The standard InChI is InChI=1S/C16H32N2/c1-3-11-18-12-9-16(10-13-18)17-14(2)15-7-5-4-6-8-15/h14-17H,3-13H2,1-2H3/t14-/m1/s1. The Balaban J connectivity index is 1.67. The van der Waals surface area contributed by atoms with E-state index in [-0.39, 0.29) is 0 Å². The quantitative estimate of drug-likeness (QED) is 0.806. The Hall–Kier alpha value is -0.0800. The maximum atomic E-state index is 3.92. The Morgan fingerprint density at radius 3 is 2.33 bits per heavy atom. The highest BCUT2D eigenvalue weighted by Gasteiger charge is 2.24. The summed E-state index contributed by atoms with van der Waals surface area (Å²) in [5.74, 6) is 0.951. The van der Waals surface area contributed by atoms with E-state index in [0.717, 1.165) is 18.0 Å². The highest BCUT2D eigenvalue weighted by Crippen LogP contribution is 2.27. The molecule has 0 aromatic rings. The minimum atomic E-state index is 0.744. The lowest BCUT2D eigenvalue weighted by Crippen LogP contribution is -2.47. The summed E-state index contributed by atoms with van der Waals surface area (Å²) in [6, 6.07) is 1.53. The molecule has 1 aliphatic heterocycles. The van der Waals surface area contributed by atoms with Gasteiger partial charge in [0.1, 0.15) is 0 Å². The molecule has 1 heterocycles. The minimum absolute atomic E-state index is 0.744. The number of hydrogen-bond acceptors (Lipinski definition) is 2. The fourth-order valence-electron chi connectivity index (χ4n) is 3.78. The van der Waals surface area contributed by atoms with E-state index in [0.29, 0.717) is 0 Å². The SMILES string of the molecule is CCCN1CCC(N[C@H](C)C2CCCCC2)CC1. The van der Waals surface area contributed by atoms with Gasteiger partial charge in [-0.25, -0.2) is 0 Å². The number of hydrogen-bond donors (Lipinski definition) is 1. The molecule has 2 fully saturated rings. The third-order valence-electron chi connectivity index (χ3n) is 4.98. The lowest BCUT2D eigenvalue weighted by Gasteiger charge is -2.36. The molecule has 0 bridgehead atoms. The van der Waals surface area contributed by atoms with Gasteiger partial charge in [-0.3, -0.25) is 0 Å². The zero-order valence-electron chi connectivity index (χ0n) is 12.5. The van der Waals surface area contributed by atoms with E-state index < -0.39 is 0 Å². The van der Waals surface area contributed by atoms with Gasteiger partial charge in [-0.05, 0) is 64.6 Å². The maximum absolute atomic E-state index is 3.92. The summed E-state index contributed by atoms with van der Waals surface area (Å²) < 4.78 is 0. The Bertz CT molecular complexity index is 215. The number of piperidine rings is 1. The first-order valence-corrected chi connectivity index (χ1v) is 8.28. The molecule has 1 saturated heterocycles. The monoisotopic (exact) mass is 252 g/mol. The zero-order valence-corrected chi connectivity index (χ0v) is 12.5. The van der Waals surface area contributed by atoms with Crippen molar-refractivity contribution in [3.05, 3.63) is 0 Å². The molecule has 18 heavy (non-hydrogen) atoms. The summed E-state index contributed by atoms with van der Waals surface area (Å²) in [5, 5.41) is 3.92. The molecule has 2 rings (SSSR count). The Morgan fingerprint density at radius 1 is 1.06 bits per heavy atom. The van der Waals surface area contributed by atoms with E-state index in [1.807, 2.05) is 0 Å². The predicted octanol–water partition coefficient (Wildman–Crippen LogP) is 3.42. The summed E-state index contributed by atoms with van der Waals surface area (Å²) in [5.41, 5.74) is 0. The third kappa shape index (κ3) is 4.24. The molecular formula is C16H32N2. The van der Waals surface area contributed by atoms with Crippen molar-refractivity contribution in [2.24, 2.45) is 5.92 Å². The van der Waals surface area contributed by atoms with E-state index >= 15 is 0 Å². The molecule has 2 heteroatoms. The fourth-order valence-corrected chi connectivity index (χ4v) is 3.78. The first kappa shape index (κ1) is 14.3. The van der Waals surface area contributed by atoms with Crippen LogP contribution in [0.1, 0.15) is 65.2 Å². The lowest BCUT2D eigenvalue weighted by molar-refractivity contribution is 0.176. The summed E-state index contributed by atoms with van der Waals surface area (Å²) >= 11 is 0. The van der Waals surface area contributed by atoms with Crippen LogP contribution in [0.2, 0.25) is 0 Å². The smallest absolute Gasteiger partial charge is 0.00940 e. The van der Waals surface area contributed by atoms with Crippen LogP contribution in [0.15, 0.2) is 0 Å². The minimum Gasteiger partial charge on any atom is -0.311 e. The summed E-state index contributed by atoms with van der Waals surface area (Å²) in [7, 11) is 0. The Kier molecular flexibility index (Phi) is 5.97. The predicted molar refractivity (Wildman–Crippen MR) is 78.9 cm³/mol. The van der Waals surface area contributed by atoms with E-state index in [4.69, 9.17) is 0 Å². The highest BCUT2D eigenvalue weighted by molar-refractivity contribution is 4.83. The van der Waals surface area contributed by atoms with Crippen molar-refractivity contribution in [1.29, 1.82) is 0 Å². The van der Waals surface area contributed by atoms with Crippen molar-refractivity contribution in [2.45, 2.75) is 77.3 Å². The van der Waals surface area contributed by atoms with Crippen molar-refractivity contribution in [1.82, 2.24) is 10.2 Å². The van der Waals surface area contributed by atoms with Gasteiger partial charge in [0.05, 0.1) is 0 Å². The van der Waals surface area contributed by atoms with Crippen LogP contribution in [0.25, 0.3) is 0 Å². The molecular weight excluding hydrogens is 220 g/mol. The van der Waals surface area contributed by atoms with Crippen molar-refractivity contribution >= 4 is 0 Å². The van der Waals surface area contributed by atoms with Gasteiger partial charge < -0.3 is 10.2 Å². The first-order valence-electron chi connectivity index (χ1n) is 8.28. The zero-order chi connectivity index (χ0) is 12.8. The molecule has 1 N–H and O–H groups in total. The average Bonchev–Trinajstić information content (AvgIpc) is 2.42. The average molecular weight is 252 g/mol. The molecule has 2 nitrogen and oxygen atoms in total. The van der Waals surface area contributed by atoms with Crippen LogP contribution in [0.5, 0.6) is 0 Å². The van der Waals surface area contributed by atoms with E-state index in [2.05, 4.69) is 24.1 Å². The molecule has 106 valence electrons. The molecule has 1 saturated carbocycles. The Labute approximate surface area is 114 Å². The topological polar surface area (TPSA) is 15.3 Å². The molecule has 0 radical (unpaired) electrons. The molecule has 0 aromatic carbocycles. The molecule has 1 aliphatic carbocycles. The van der Waals surface area contributed by atoms with Crippen LogP contribution in [-0.4, -0.2) is 36.6 Å². The molecule has 0 aromatic heterocycles. The van der Waals surface area contributed by atoms with Crippen LogP contribution < -0.4 is 5.32 Å². The van der Waals surface area contributed by atoms with Crippen LogP contribution in [-0.2, 0) is 0 Å². The van der Waals surface area contributed by atoms with Gasteiger partial charge in [0.15, 0.2) is 0 Å². The summed E-state index contributed by atoms with van der Waals surface area (Å²) in [6.07, 6.45) is 11.3. The van der Waals surface area contributed by atoms with Gasteiger partial charge in [0, 0.05) is 12.1 Å². The largest absolute Gasteiger partial charge is 0.311 e. The molecule has 0 spiro atoms. The molecule has 0 unspecified atom stereocenters. The van der Waals surface area contributed by atoms with Gasteiger partial charge in [-0.15, -0.1) is 0 Å². The van der Waals surface area contributed by atoms with E-state index in [1.165, 1.54) is 71.0 Å². The number of likely N-dealkylation sites (tertiary alicyclic amines) is 1. The van der Waals surface area contributed by atoms with Crippen molar-refractivity contribution in [3.63, 3.8) is 0 Å². The second-order valence-electron chi connectivity index (χ2n) is 6.47. The van der Waals surface area contributed by atoms with E-state index in [1.54, 1.807) is 0 Å². The molecule has 1 atom stereocenters. The Morgan fingerprint density at radius 2 is 1.72 bits per heavy atom. The summed E-state index contributed by atoms with van der Waals surface area (Å²) in [6.45, 7) is 8.63. The number of rotatable bonds is 5. The number of nitrogens with zero attached hydrogens (tertiary/aromatic N) is 1. The van der Waals surface area contributed by atoms with Crippen molar-refractivity contribution in [3.8, 4) is 0 Å². The van der Waals surface area contributed by atoms with Gasteiger partial charge in [0.2, 0.25) is 0 Å². The van der Waals surface area contributed by atoms with Crippen molar-refractivity contribution < 1.29 is 0 Å². The fraction of sp³-hybridized carbons (Fsp3) is 1.00. The first-order chi connectivity index (χ1) is 8.79. The van der Waals surface area contributed by atoms with Gasteiger partial charge in [0.25, 0.3) is 0 Å². The van der Waals surface area contributed by atoms with Crippen LogP contribution in [0, 0.1) is 5.92 Å². The van der Waals surface area contributed by atoms with Gasteiger partial charge in [-0.1, -0.05) is 26.2 Å². The van der Waals surface area contributed by atoms with Crippen LogP contribution in [0.4, 0.5) is 0 Å². The second kappa shape index (κ2) is 7.49. The van der Waals surface area contributed by atoms with Crippen LogP contribution in [0.3, 0.4) is 0 Å². The van der Waals surface area contributed by atoms with Gasteiger partial charge >= 0.3 is 0 Å². The van der Waals surface area contributed by atoms with E-state index in [9.17, 15) is 0 Å². The summed E-state index contributed by atoms with van der Waals surface area (Å²) in [4.78, 5) is 2.63. The molecule has 2 aliphatic rings. The highest BCUT2D eigenvalue weighted by atomic mass is 15.1.